The van der Waals surface area contributed by atoms with E-state index in [1.54, 1.807) is 36.4 Å². The molecule has 0 aliphatic heterocycles. The SMILES string of the molecule is CCOc1cc(C=NNC(=O)C(CC(C)C)NC(=O)c2ccc(Cl)cc2)cc(Br)c1O. The fourth-order valence-electron chi connectivity index (χ4n) is 2.73. The number of carbonyl (C=O) groups excluding carboxylic acids is 2. The van der Waals surface area contributed by atoms with Crippen molar-refractivity contribution in [1.82, 2.24) is 10.7 Å². The molecule has 0 spiro atoms. The lowest BCUT2D eigenvalue weighted by atomic mass is 10.0. The maximum atomic E-state index is 12.6. The minimum absolute atomic E-state index is 0.00931. The van der Waals surface area contributed by atoms with E-state index >= 15 is 0 Å². The van der Waals surface area contributed by atoms with Gasteiger partial charge < -0.3 is 15.2 Å². The Morgan fingerprint density at radius 1 is 1.26 bits per heavy atom. The number of benzene rings is 2. The summed E-state index contributed by atoms with van der Waals surface area (Å²) < 4.78 is 5.82. The zero-order valence-electron chi connectivity index (χ0n) is 17.5. The standard InChI is InChI=1S/C22H25BrClN3O4/c1-4-31-19-11-14(10-17(23)20(19)28)12-25-27-22(30)18(9-13(2)3)26-21(29)15-5-7-16(24)8-6-15/h5-8,10-13,18,28H,4,9H2,1-3H3,(H,26,29)(H,27,30). The molecule has 9 heteroatoms. The predicted molar refractivity (Wildman–Crippen MR) is 125 cm³/mol. The molecule has 0 saturated carbocycles. The summed E-state index contributed by atoms with van der Waals surface area (Å²) in [7, 11) is 0. The minimum atomic E-state index is -0.758. The number of ether oxygens (including phenoxy) is 1. The number of amides is 2. The number of halogens is 2. The molecule has 0 heterocycles. The third-order valence-corrected chi connectivity index (χ3v) is 5.03. The summed E-state index contributed by atoms with van der Waals surface area (Å²) in [6, 6.07) is 8.91. The van der Waals surface area contributed by atoms with Crippen molar-refractivity contribution >= 4 is 45.6 Å². The van der Waals surface area contributed by atoms with Gasteiger partial charge in [0.05, 0.1) is 17.3 Å². The molecule has 1 atom stereocenters. The Morgan fingerprint density at radius 3 is 2.55 bits per heavy atom. The van der Waals surface area contributed by atoms with Gasteiger partial charge in [0.15, 0.2) is 11.5 Å². The summed E-state index contributed by atoms with van der Waals surface area (Å²) in [5.41, 5.74) is 3.48. The third kappa shape index (κ3) is 7.56. The van der Waals surface area contributed by atoms with E-state index in [0.717, 1.165) is 0 Å². The minimum Gasteiger partial charge on any atom is -0.503 e. The van der Waals surface area contributed by atoms with Crippen LogP contribution in [0.25, 0.3) is 0 Å². The smallest absolute Gasteiger partial charge is 0.262 e. The fraction of sp³-hybridized carbons (Fsp3) is 0.318. The van der Waals surface area contributed by atoms with Crippen molar-refractivity contribution in [2.75, 3.05) is 6.61 Å². The van der Waals surface area contributed by atoms with Crippen LogP contribution >= 0.6 is 27.5 Å². The second kappa shape index (κ2) is 11.7. The number of hydrogen-bond acceptors (Lipinski definition) is 5. The lowest BCUT2D eigenvalue weighted by Crippen LogP contribution is -2.46. The molecule has 0 radical (unpaired) electrons. The van der Waals surface area contributed by atoms with Gasteiger partial charge in [-0.3, -0.25) is 9.59 Å². The quantitative estimate of drug-likeness (QED) is 0.341. The van der Waals surface area contributed by atoms with E-state index in [2.05, 4.69) is 31.8 Å². The second-order valence-corrected chi connectivity index (χ2v) is 8.47. The summed E-state index contributed by atoms with van der Waals surface area (Å²) >= 11 is 9.12. The van der Waals surface area contributed by atoms with E-state index in [1.165, 1.54) is 6.21 Å². The van der Waals surface area contributed by atoms with Crippen LogP contribution in [0.15, 0.2) is 46.0 Å². The summed E-state index contributed by atoms with van der Waals surface area (Å²) in [6.07, 6.45) is 1.87. The molecular formula is C22H25BrClN3O4. The van der Waals surface area contributed by atoms with Gasteiger partial charge in [-0.05, 0) is 77.2 Å². The number of hydrazone groups is 1. The Labute approximate surface area is 195 Å². The van der Waals surface area contributed by atoms with Crippen molar-refractivity contribution in [3.8, 4) is 11.5 Å². The first-order valence-electron chi connectivity index (χ1n) is 9.75. The van der Waals surface area contributed by atoms with Gasteiger partial charge in [0.1, 0.15) is 6.04 Å². The molecule has 0 fully saturated rings. The monoisotopic (exact) mass is 509 g/mol. The van der Waals surface area contributed by atoms with Crippen molar-refractivity contribution in [3.05, 3.63) is 57.0 Å². The average molecular weight is 511 g/mol. The first-order valence-corrected chi connectivity index (χ1v) is 10.9. The molecule has 1 unspecified atom stereocenters. The lowest BCUT2D eigenvalue weighted by molar-refractivity contribution is -0.123. The van der Waals surface area contributed by atoms with Crippen LogP contribution in [-0.2, 0) is 4.79 Å². The van der Waals surface area contributed by atoms with Crippen molar-refractivity contribution in [2.45, 2.75) is 33.2 Å². The number of nitrogens with zero attached hydrogens (tertiary/aromatic N) is 1. The average Bonchev–Trinajstić information content (AvgIpc) is 2.71. The molecule has 0 bridgehead atoms. The second-order valence-electron chi connectivity index (χ2n) is 7.18. The van der Waals surface area contributed by atoms with Gasteiger partial charge in [-0.25, -0.2) is 5.43 Å². The number of carbonyl (C=O) groups is 2. The molecule has 0 aromatic heterocycles. The van der Waals surface area contributed by atoms with Crippen LogP contribution < -0.4 is 15.5 Å². The van der Waals surface area contributed by atoms with Crippen LogP contribution in [0.1, 0.15) is 43.1 Å². The van der Waals surface area contributed by atoms with Gasteiger partial charge in [0, 0.05) is 10.6 Å². The molecule has 166 valence electrons. The van der Waals surface area contributed by atoms with Crippen molar-refractivity contribution in [3.63, 3.8) is 0 Å². The first kappa shape index (κ1) is 24.7. The molecule has 2 aromatic rings. The van der Waals surface area contributed by atoms with Gasteiger partial charge in [-0.15, -0.1) is 0 Å². The topological polar surface area (TPSA) is 100 Å². The van der Waals surface area contributed by atoms with Crippen LogP contribution in [-0.4, -0.2) is 35.8 Å². The summed E-state index contributed by atoms with van der Waals surface area (Å²) in [5.74, 6) is -0.338. The number of rotatable bonds is 9. The van der Waals surface area contributed by atoms with Gasteiger partial charge >= 0.3 is 0 Å². The van der Waals surface area contributed by atoms with E-state index in [9.17, 15) is 14.7 Å². The van der Waals surface area contributed by atoms with Crippen molar-refractivity contribution in [1.29, 1.82) is 0 Å². The van der Waals surface area contributed by atoms with Crippen LogP contribution in [0.3, 0.4) is 0 Å². The van der Waals surface area contributed by atoms with Gasteiger partial charge in [0.25, 0.3) is 11.8 Å². The molecule has 0 aliphatic carbocycles. The zero-order valence-corrected chi connectivity index (χ0v) is 19.8. The number of phenolic OH excluding ortho intramolecular Hbond substituents is 1. The third-order valence-electron chi connectivity index (χ3n) is 4.17. The summed E-state index contributed by atoms with van der Waals surface area (Å²) in [5, 5.41) is 17.2. The fourth-order valence-corrected chi connectivity index (χ4v) is 3.31. The zero-order chi connectivity index (χ0) is 23.0. The molecule has 2 aromatic carbocycles. The molecule has 2 amide bonds. The van der Waals surface area contributed by atoms with Crippen LogP contribution in [0, 0.1) is 5.92 Å². The lowest BCUT2D eigenvalue weighted by Gasteiger charge is -2.19. The first-order chi connectivity index (χ1) is 14.7. The highest BCUT2D eigenvalue weighted by molar-refractivity contribution is 9.10. The molecule has 31 heavy (non-hydrogen) atoms. The number of hydrogen-bond donors (Lipinski definition) is 3. The molecule has 2 rings (SSSR count). The Balaban J connectivity index is 2.08. The van der Waals surface area contributed by atoms with E-state index in [4.69, 9.17) is 16.3 Å². The number of phenols is 1. The van der Waals surface area contributed by atoms with Crippen LogP contribution in [0.2, 0.25) is 5.02 Å². The van der Waals surface area contributed by atoms with Gasteiger partial charge in [-0.2, -0.15) is 5.10 Å². The highest BCUT2D eigenvalue weighted by Crippen LogP contribution is 2.35. The van der Waals surface area contributed by atoms with E-state index in [-0.39, 0.29) is 17.6 Å². The van der Waals surface area contributed by atoms with Crippen molar-refractivity contribution in [2.24, 2.45) is 11.0 Å². The molecule has 0 aliphatic rings. The van der Waals surface area contributed by atoms with Crippen molar-refractivity contribution < 1.29 is 19.4 Å². The number of aromatic hydroxyl groups is 1. The van der Waals surface area contributed by atoms with Gasteiger partial charge in [0.2, 0.25) is 0 Å². The molecule has 7 nitrogen and oxygen atoms in total. The Hall–Kier alpha value is -2.58. The maximum Gasteiger partial charge on any atom is 0.262 e. The maximum absolute atomic E-state index is 12.6. The number of nitrogens with one attached hydrogen (secondary N) is 2. The predicted octanol–water partition coefficient (Wildman–Crippen LogP) is 4.50. The molecule has 3 N–H and O–H groups in total. The van der Waals surface area contributed by atoms with E-state index in [0.29, 0.717) is 39.4 Å². The Bertz CT molecular complexity index is 949. The van der Waals surface area contributed by atoms with Gasteiger partial charge in [-0.1, -0.05) is 25.4 Å². The molecular weight excluding hydrogens is 486 g/mol. The Kier molecular flexibility index (Phi) is 9.33. The van der Waals surface area contributed by atoms with Crippen LogP contribution in [0.4, 0.5) is 0 Å². The summed E-state index contributed by atoms with van der Waals surface area (Å²) in [6.45, 7) is 6.12. The molecule has 0 saturated heterocycles. The van der Waals surface area contributed by atoms with Crippen LogP contribution in [0.5, 0.6) is 11.5 Å². The highest BCUT2D eigenvalue weighted by Gasteiger charge is 2.22. The Morgan fingerprint density at radius 2 is 1.94 bits per heavy atom. The van der Waals surface area contributed by atoms with E-state index < -0.39 is 11.9 Å². The normalized spacial score (nSPS) is 12.1. The summed E-state index contributed by atoms with van der Waals surface area (Å²) in [4.78, 5) is 25.1. The van der Waals surface area contributed by atoms with E-state index in [1.807, 2.05) is 20.8 Å². The highest BCUT2D eigenvalue weighted by atomic mass is 79.9. The largest absolute Gasteiger partial charge is 0.503 e.